The summed E-state index contributed by atoms with van der Waals surface area (Å²) in [5.74, 6) is 0. The molecule has 1 aromatic carbocycles. The highest BCUT2D eigenvalue weighted by atomic mass is 15.1. The van der Waals surface area contributed by atoms with Crippen LogP contribution in [0.15, 0.2) is 67.1 Å². The van der Waals surface area contributed by atoms with Crippen molar-refractivity contribution in [3.8, 4) is 11.3 Å². The van der Waals surface area contributed by atoms with Crippen LogP contribution in [0.5, 0.6) is 0 Å². The zero-order chi connectivity index (χ0) is 15.5. The summed E-state index contributed by atoms with van der Waals surface area (Å²) in [6, 6.07) is 16.1. The third-order valence-corrected chi connectivity index (χ3v) is 3.69. The topological polar surface area (TPSA) is 66.5 Å². The van der Waals surface area contributed by atoms with E-state index in [2.05, 4.69) is 37.6 Å². The van der Waals surface area contributed by atoms with Crippen LogP contribution in [-0.2, 0) is 6.54 Å². The molecule has 4 aromatic rings. The maximum Gasteiger partial charge on any atom is 0.0925 e. The fourth-order valence-corrected chi connectivity index (χ4v) is 2.51. The van der Waals surface area contributed by atoms with E-state index in [1.165, 1.54) is 0 Å². The van der Waals surface area contributed by atoms with Crippen molar-refractivity contribution in [1.29, 1.82) is 0 Å². The monoisotopic (exact) mass is 301 g/mol. The SMILES string of the molecule is c1cnc2ccc(NCc3cc(-c4ccncc4)n[nH]3)cc2c1. The van der Waals surface area contributed by atoms with E-state index in [9.17, 15) is 0 Å². The van der Waals surface area contributed by atoms with Crippen LogP contribution >= 0.6 is 0 Å². The van der Waals surface area contributed by atoms with Gasteiger partial charge in [0.2, 0.25) is 0 Å². The third-order valence-electron chi connectivity index (χ3n) is 3.69. The van der Waals surface area contributed by atoms with Crippen molar-refractivity contribution in [2.24, 2.45) is 0 Å². The second-order valence-corrected chi connectivity index (χ2v) is 5.28. The fraction of sp³-hybridized carbons (Fsp3) is 0.0556. The summed E-state index contributed by atoms with van der Waals surface area (Å²) in [5, 5.41) is 11.9. The first-order chi connectivity index (χ1) is 11.4. The Morgan fingerprint density at radius 3 is 2.78 bits per heavy atom. The maximum atomic E-state index is 4.35. The molecule has 0 bridgehead atoms. The summed E-state index contributed by atoms with van der Waals surface area (Å²) in [6.45, 7) is 0.684. The van der Waals surface area contributed by atoms with Crippen LogP contribution < -0.4 is 5.32 Å². The van der Waals surface area contributed by atoms with E-state index in [1.54, 1.807) is 18.6 Å². The first-order valence-electron chi connectivity index (χ1n) is 7.42. The van der Waals surface area contributed by atoms with Crippen molar-refractivity contribution >= 4 is 16.6 Å². The maximum absolute atomic E-state index is 4.35. The number of fused-ring (bicyclic) bond motifs is 1. The molecule has 0 saturated heterocycles. The second kappa shape index (κ2) is 5.88. The van der Waals surface area contributed by atoms with Gasteiger partial charge in [-0.1, -0.05) is 6.07 Å². The van der Waals surface area contributed by atoms with E-state index < -0.39 is 0 Å². The number of hydrogen-bond acceptors (Lipinski definition) is 4. The van der Waals surface area contributed by atoms with Crippen molar-refractivity contribution in [2.75, 3.05) is 5.32 Å². The highest BCUT2D eigenvalue weighted by Gasteiger charge is 2.04. The summed E-state index contributed by atoms with van der Waals surface area (Å²) in [5.41, 5.74) is 5.07. The standard InChI is InChI=1S/C18H15N5/c1-2-14-10-15(3-4-17(14)20-7-1)21-12-16-11-18(23-22-16)13-5-8-19-9-6-13/h1-11,21H,12H2,(H,22,23). The number of nitrogens with one attached hydrogen (secondary N) is 2. The zero-order valence-electron chi connectivity index (χ0n) is 12.4. The van der Waals surface area contributed by atoms with Gasteiger partial charge in [-0.3, -0.25) is 15.1 Å². The minimum Gasteiger partial charge on any atom is -0.379 e. The van der Waals surface area contributed by atoms with E-state index in [0.29, 0.717) is 6.54 Å². The van der Waals surface area contributed by atoms with Gasteiger partial charge in [0.25, 0.3) is 0 Å². The van der Waals surface area contributed by atoms with E-state index in [4.69, 9.17) is 0 Å². The van der Waals surface area contributed by atoms with Gasteiger partial charge in [0.05, 0.1) is 23.4 Å². The van der Waals surface area contributed by atoms with Crippen LogP contribution in [0, 0.1) is 0 Å². The Balaban J connectivity index is 1.49. The van der Waals surface area contributed by atoms with Crippen LogP contribution in [0.2, 0.25) is 0 Å². The van der Waals surface area contributed by atoms with Crippen LogP contribution in [0.3, 0.4) is 0 Å². The highest BCUT2D eigenvalue weighted by molar-refractivity contribution is 5.82. The molecule has 0 saturated carbocycles. The molecule has 0 radical (unpaired) electrons. The first kappa shape index (κ1) is 13.5. The predicted molar refractivity (Wildman–Crippen MR) is 90.9 cm³/mol. The van der Waals surface area contributed by atoms with Crippen molar-refractivity contribution in [3.05, 3.63) is 72.8 Å². The number of anilines is 1. The molecule has 3 heterocycles. The highest BCUT2D eigenvalue weighted by Crippen LogP contribution is 2.19. The number of pyridine rings is 2. The quantitative estimate of drug-likeness (QED) is 0.604. The summed E-state index contributed by atoms with van der Waals surface area (Å²) < 4.78 is 0. The number of rotatable bonds is 4. The summed E-state index contributed by atoms with van der Waals surface area (Å²) in [6.07, 6.45) is 5.34. The molecular weight excluding hydrogens is 286 g/mol. The molecule has 0 aliphatic heterocycles. The van der Waals surface area contributed by atoms with Crippen molar-refractivity contribution in [3.63, 3.8) is 0 Å². The van der Waals surface area contributed by atoms with Crippen molar-refractivity contribution < 1.29 is 0 Å². The molecular formula is C18H15N5. The van der Waals surface area contributed by atoms with Gasteiger partial charge in [0.1, 0.15) is 0 Å². The normalized spacial score (nSPS) is 10.8. The Bertz CT molecular complexity index is 930. The lowest BCUT2D eigenvalue weighted by atomic mass is 10.2. The average Bonchev–Trinajstić information content (AvgIpc) is 3.10. The minimum atomic E-state index is 0.684. The lowest BCUT2D eigenvalue weighted by Crippen LogP contribution is -1.99. The Morgan fingerprint density at radius 1 is 0.957 bits per heavy atom. The average molecular weight is 301 g/mol. The number of aromatic amines is 1. The van der Waals surface area contributed by atoms with Crippen LogP contribution in [-0.4, -0.2) is 20.2 Å². The molecule has 0 aliphatic carbocycles. The van der Waals surface area contributed by atoms with Crippen LogP contribution in [0.1, 0.15) is 5.69 Å². The Morgan fingerprint density at radius 2 is 1.87 bits per heavy atom. The van der Waals surface area contributed by atoms with Crippen LogP contribution in [0.25, 0.3) is 22.2 Å². The molecule has 5 nitrogen and oxygen atoms in total. The molecule has 0 fully saturated rings. The lowest BCUT2D eigenvalue weighted by Gasteiger charge is -2.05. The van der Waals surface area contributed by atoms with E-state index >= 15 is 0 Å². The number of hydrogen-bond donors (Lipinski definition) is 2. The molecule has 3 aromatic heterocycles. The van der Waals surface area contributed by atoms with Gasteiger partial charge in [-0.25, -0.2) is 0 Å². The van der Waals surface area contributed by atoms with Gasteiger partial charge in [-0.2, -0.15) is 5.10 Å². The second-order valence-electron chi connectivity index (χ2n) is 5.28. The number of H-pyrrole nitrogens is 1. The van der Waals surface area contributed by atoms with Gasteiger partial charge < -0.3 is 5.32 Å². The van der Waals surface area contributed by atoms with Crippen LogP contribution in [0.4, 0.5) is 5.69 Å². The molecule has 0 atom stereocenters. The van der Waals surface area contributed by atoms with Gasteiger partial charge in [0, 0.05) is 35.2 Å². The number of nitrogens with zero attached hydrogens (tertiary/aromatic N) is 3. The number of aromatic nitrogens is 4. The molecule has 5 heteroatoms. The first-order valence-corrected chi connectivity index (χ1v) is 7.42. The predicted octanol–water partition coefficient (Wildman–Crippen LogP) is 3.63. The molecule has 0 amide bonds. The van der Waals surface area contributed by atoms with Crippen molar-refractivity contribution in [2.45, 2.75) is 6.54 Å². The molecule has 0 aliphatic rings. The summed E-state index contributed by atoms with van der Waals surface area (Å²) in [4.78, 5) is 8.35. The van der Waals surface area contributed by atoms with E-state index in [-0.39, 0.29) is 0 Å². The van der Waals surface area contributed by atoms with E-state index in [0.717, 1.165) is 33.5 Å². The summed E-state index contributed by atoms with van der Waals surface area (Å²) in [7, 11) is 0. The molecule has 2 N–H and O–H groups in total. The molecule has 0 spiro atoms. The Labute approximate surface area is 133 Å². The Kier molecular flexibility index (Phi) is 3.44. The molecule has 23 heavy (non-hydrogen) atoms. The van der Waals surface area contributed by atoms with Gasteiger partial charge in [0.15, 0.2) is 0 Å². The minimum absolute atomic E-state index is 0.684. The largest absolute Gasteiger partial charge is 0.379 e. The molecule has 112 valence electrons. The zero-order valence-corrected chi connectivity index (χ0v) is 12.4. The van der Waals surface area contributed by atoms with E-state index in [1.807, 2.05) is 36.4 Å². The molecule has 0 unspecified atom stereocenters. The Hall–Kier alpha value is -3.21. The third kappa shape index (κ3) is 2.89. The van der Waals surface area contributed by atoms with Gasteiger partial charge >= 0.3 is 0 Å². The smallest absolute Gasteiger partial charge is 0.0925 e. The van der Waals surface area contributed by atoms with Crippen molar-refractivity contribution in [1.82, 2.24) is 20.2 Å². The molecule has 4 rings (SSSR count). The lowest BCUT2D eigenvalue weighted by molar-refractivity contribution is 0.983. The van der Waals surface area contributed by atoms with Gasteiger partial charge in [-0.15, -0.1) is 0 Å². The fourth-order valence-electron chi connectivity index (χ4n) is 2.51. The van der Waals surface area contributed by atoms with Gasteiger partial charge in [-0.05, 0) is 42.5 Å². The summed E-state index contributed by atoms with van der Waals surface area (Å²) >= 11 is 0. The number of benzene rings is 1.